The summed E-state index contributed by atoms with van der Waals surface area (Å²) in [5.74, 6) is -1.03. The molecule has 3 aromatic rings. The van der Waals surface area contributed by atoms with Crippen LogP contribution >= 0.6 is 15.9 Å². The fourth-order valence-corrected chi connectivity index (χ4v) is 2.79. The summed E-state index contributed by atoms with van der Waals surface area (Å²) in [5, 5.41) is 10.9. The Morgan fingerprint density at radius 2 is 1.60 bits per heavy atom. The first-order valence-electron chi connectivity index (χ1n) is 9.05. The van der Waals surface area contributed by atoms with Gasteiger partial charge in [0.1, 0.15) is 0 Å². The number of ether oxygens (including phenoxy) is 1. The van der Waals surface area contributed by atoms with Crippen molar-refractivity contribution in [2.45, 2.75) is 0 Å². The molecule has 0 aliphatic carbocycles. The van der Waals surface area contributed by atoms with Gasteiger partial charge in [0.2, 0.25) is 0 Å². The molecule has 3 aromatic carbocycles. The zero-order valence-corrected chi connectivity index (χ0v) is 17.5. The molecule has 3 rings (SSSR count). The number of carbonyl (C=O) groups excluding carboxylic acids is 2. The number of anilines is 1. The van der Waals surface area contributed by atoms with Gasteiger partial charge < -0.3 is 10.1 Å². The molecule has 0 unspecified atom stereocenters. The molecule has 0 aliphatic rings. The van der Waals surface area contributed by atoms with E-state index in [-0.39, 0.29) is 6.61 Å². The third-order valence-corrected chi connectivity index (χ3v) is 4.29. The van der Waals surface area contributed by atoms with E-state index < -0.39 is 11.9 Å². The van der Waals surface area contributed by atoms with Crippen molar-refractivity contribution in [1.29, 1.82) is 0 Å². The van der Waals surface area contributed by atoms with E-state index in [0.717, 1.165) is 15.7 Å². The van der Waals surface area contributed by atoms with Crippen LogP contribution in [0.2, 0.25) is 0 Å². The molecule has 1 amide bonds. The molecule has 1 N–H and O–H groups in total. The topological polar surface area (TPSA) is 80.1 Å². The minimum Gasteiger partial charge on any atom is -0.452 e. The molecule has 0 aliphatic heterocycles. The predicted octanol–water partition coefficient (Wildman–Crippen LogP) is 6.06. The first-order chi connectivity index (χ1) is 14.6. The van der Waals surface area contributed by atoms with Crippen LogP contribution in [0.1, 0.15) is 5.56 Å². The van der Waals surface area contributed by atoms with E-state index >= 15 is 0 Å². The number of nitrogens with one attached hydrogen (secondary N) is 1. The van der Waals surface area contributed by atoms with Crippen molar-refractivity contribution < 1.29 is 14.3 Å². The van der Waals surface area contributed by atoms with Crippen LogP contribution < -0.4 is 5.32 Å². The second kappa shape index (κ2) is 10.8. The van der Waals surface area contributed by atoms with Crippen LogP contribution in [0.4, 0.5) is 17.1 Å². The molecular weight excluding hydrogens is 446 g/mol. The van der Waals surface area contributed by atoms with Crippen LogP contribution in [0.15, 0.2) is 99.6 Å². The molecule has 7 heteroatoms. The molecule has 0 saturated carbocycles. The largest absolute Gasteiger partial charge is 0.452 e. The fourth-order valence-electron chi connectivity index (χ4n) is 2.38. The SMILES string of the molecule is O=C(COC(=O)C=Cc1cccc(Br)c1)Nc1ccc(N=Nc2ccccc2)cc1. The zero-order valence-electron chi connectivity index (χ0n) is 15.9. The Morgan fingerprint density at radius 3 is 2.30 bits per heavy atom. The maximum Gasteiger partial charge on any atom is 0.331 e. The van der Waals surface area contributed by atoms with Gasteiger partial charge in [0, 0.05) is 16.2 Å². The van der Waals surface area contributed by atoms with Crippen LogP contribution in [0.25, 0.3) is 6.08 Å². The number of benzene rings is 3. The van der Waals surface area contributed by atoms with Gasteiger partial charge in [-0.15, -0.1) is 0 Å². The lowest BCUT2D eigenvalue weighted by molar-refractivity contribution is -0.142. The van der Waals surface area contributed by atoms with Gasteiger partial charge in [0.25, 0.3) is 5.91 Å². The molecule has 0 radical (unpaired) electrons. The highest BCUT2D eigenvalue weighted by atomic mass is 79.9. The van der Waals surface area contributed by atoms with Crippen molar-refractivity contribution in [3.05, 3.63) is 95.0 Å². The molecule has 0 heterocycles. The lowest BCUT2D eigenvalue weighted by atomic mass is 10.2. The van der Waals surface area contributed by atoms with Gasteiger partial charge in [0.15, 0.2) is 6.61 Å². The number of carbonyl (C=O) groups is 2. The molecule has 0 fully saturated rings. The number of hydrogen-bond donors (Lipinski definition) is 1. The summed E-state index contributed by atoms with van der Waals surface area (Å²) in [5.41, 5.74) is 2.82. The number of rotatable bonds is 7. The summed E-state index contributed by atoms with van der Waals surface area (Å²) < 4.78 is 5.86. The lowest BCUT2D eigenvalue weighted by Gasteiger charge is -2.05. The average Bonchev–Trinajstić information content (AvgIpc) is 2.76. The molecule has 0 aromatic heterocycles. The quantitative estimate of drug-likeness (QED) is 0.262. The molecule has 150 valence electrons. The summed E-state index contributed by atoms with van der Waals surface area (Å²) in [6.07, 6.45) is 2.90. The van der Waals surface area contributed by atoms with E-state index in [1.165, 1.54) is 6.08 Å². The highest BCUT2D eigenvalue weighted by Gasteiger charge is 2.06. The van der Waals surface area contributed by atoms with E-state index in [0.29, 0.717) is 11.4 Å². The second-order valence-corrected chi connectivity index (χ2v) is 7.04. The first kappa shape index (κ1) is 21.1. The molecule has 0 saturated heterocycles. The van der Waals surface area contributed by atoms with Gasteiger partial charge in [-0.25, -0.2) is 4.79 Å². The molecule has 0 bridgehead atoms. The van der Waals surface area contributed by atoms with Crippen LogP contribution in [0, 0.1) is 0 Å². The summed E-state index contributed by atoms with van der Waals surface area (Å²) in [6, 6.07) is 23.7. The van der Waals surface area contributed by atoms with Gasteiger partial charge in [-0.3, -0.25) is 4.79 Å². The molecule has 0 spiro atoms. The third kappa shape index (κ3) is 7.10. The Hall–Kier alpha value is -3.58. The van der Waals surface area contributed by atoms with Gasteiger partial charge in [0.05, 0.1) is 11.4 Å². The fraction of sp³-hybridized carbons (Fsp3) is 0.0435. The van der Waals surface area contributed by atoms with Crippen LogP contribution in [-0.2, 0) is 14.3 Å². The normalized spacial score (nSPS) is 11.0. The van der Waals surface area contributed by atoms with Gasteiger partial charge in [-0.1, -0.05) is 46.3 Å². The first-order valence-corrected chi connectivity index (χ1v) is 9.85. The zero-order chi connectivity index (χ0) is 21.2. The van der Waals surface area contributed by atoms with E-state index in [9.17, 15) is 9.59 Å². The average molecular weight is 464 g/mol. The monoisotopic (exact) mass is 463 g/mol. The maximum atomic E-state index is 12.0. The maximum absolute atomic E-state index is 12.0. The smallest absolute Gasteiger partial charge is 0.331 e. The number of azo groups is 1. The van der Waals surface area contributed by atoms with Gasteiger partial charge >= 0.3 is 5.97 Å². The minimum absolute atomic E-state index is 0.378. The third-order valence-electron chi connectivity index (χ3n) is 3.79. The van der Waals surface area contributed by atoms with Gasteiger partial charge in [-0.2, -0.15) is 10.2 Å². The highest BCUT2D eigenvalue weighted by molar-refractivity contribution is 9.10. The Bertz CT molecular complexity index is 1060. The molecule has 30 heavy (non-hydrogen) atoms. The Labute approximate surface area is 182 Å². The summed E-state index contributed by atoms with van der Waals surface area (Å²) in [4.78, 5) is 23.7. The van der Waals surface area contributed by atoms with E-state index in [4.69, 9.17) is 4.74 Å². The minimum atomic E-state index is -0.596. The second-order valence-electron chi connectivity index (χ2n) is 6.13. The standard InChI is InChI=1S/C23H18BrN3O3/c24-18-6-4-5-17(15-18)9-14-23(29)30-16-22(28)25-19-10-12-21(13-11-19)27-26-20-7-2-1-3-8-20/h1-15H,16H2,(H,25,28). The number of esters is 1. The number of nitrogens with zero attached hydrogens (tertiary/aromatic N) is 2. The Kier molecular flexibility index (Phi) is 7.63. The molecular formula is C23H18BrN3O3. The van der Waals surface area contributed by atoms with Crippen LogP contribution in [0.5, 0.6) is 0 Å². The van der Waals surface area contributed by atoms with Crippen molar-refractivity contribution in [2.24, 2.45) is 10.2 Å². The summed E-state index contributed by atoms with van der Waals surface area (Å²) in [7, 11) is 0. The Balaban J connectivity index is 1.45. The van der Waals surface area contributed by atoms with E-state index in [1.54, 1.807) is 30.3 Å². The van der Waals surface area contributed by atoms with Crippen molar-refractivity contribution in [2.75, 3.05) is 11.9 Å². The van der Waals surface area contributed by atoms with Crippen molar-refractivity contribution >= 4 is 50.9 Å². The molecule has 6 nitrogen and oxygen atoms in total. The number of halogens is 1. The summed E-state index contributed by atoms with van der Waals surface area (Å²) >= 11 is 3.36. The van der Waals surface area contributed by atoms with E-state index in [1.807, 2.05) is 54.6 Å². The lowest BCUT2D eigenvalue weighted by Crippen LogP contribution is -2.20. The Morgan fingerprint density at radius 1 is 0.900 bits per heavy atom. The van der Waals surface area contributed by atoms with Crippen molar-refractivity contribution in [3.8, 4) is 0 Å². The summed E-state index contributed by atoms with van der Waals surface area (Å²) in [6.45, 7) is -0.378. The van der Waals surface area contributed by atoms with Crippen molar-refractivity contribution in [1.82, 2.24) is 0 Å². The number of amides is 1. The highest BCUT2D eigenvalue weighted by Crippen LogP contribution is 2.20. The van der Waals surface area contributed by atoms with Crippen LogP contribution in [-0.4, -0.2) is 18.5 Å². The van der Waals surface area contributed by atoms with Crippen molar-refractivity contribution in [3.63, 3.8) is 0 Å². The molecule has 0 atom stereocenters. The van der Waals surface area contributed by atoms with E-state index in [2.05, 4.69) is 31.5 Å². The van der Waals surface area contributed by atoms with Crippen LogP contribution in [0.3, 0.4) is 0 Å². The van der Waals surface area contributed by atoms with Gasteiger partial charge in [-0.05, 0) is 60.2 Å². The predicted molar refractivity (Wildman–Crippen MR) is 120 cm³/mol. The number of hydrogen-bond acceptors (Lipinski definition) is 5.